The summed E-state index contributed by atoms with van der Waals surface area (Å²) >= 11 is 5.81. The molecule has 0 aliphatic heterocycles. The van der Waals surface area contributed by atoms with Gasteiger partial charge in [-0.05, 0) is 48.5 Å². The van der Waals surface area contributed by atoms with Gasteiger partial charge in [0.2, 0.25) is 26.0 Å². The summed E-state index contributed by atoms with van der Waals surface area (Å²) in [5, 5.41) is 2.83. The molecular weight excluding hydrogens is 478 g/mol. The number of rotatable bonds is 10. The Labute approximate surface area is 190 Å². The second kappa shape index (κ2) is 10.3. The molecule has 0 bridgehead atoms. The molecule has 1 heterocycles. The van der Waals surface area contributed by atoms with Gasteiger partial charge in [0, 0.05) is 23.7 Å². The standard InChI is InChI=1S/C20H20ClN3O6S2/c21-15-4-1-7-18(12-15)31(26,27)22-10-9-20(25)24-16-5-2-8-19(13-16)32(28,29)23-14-17-6-3-11-30-17/h1-8,11-13,22-23H,9-10,14H2,(H,24,25). The highest BCUT2D eigenvalue weighted by molar-refractivity contribution is 7.89. The maximum absolute atomic E-state index is 12.5. The predicted octanol–water partition coefficient (Wildman–Crippen LogP) is 2.72. The van der Waals surface area contributed by atoms with Crippen molar-refractivity contribution in [1.29, 1.82) is 0 Å². The molecule has 170 valence electrons. The van der Waals surface area contributed by atoms with Crippen LogP contribution in [0.3, 0.4) is 0 Å². The van der Waals surface area contributed by atoms with Crippen LogP contribution in [0.25, 0.3) is 0 Å². The van der Waals surface area contributed by atoms with Gasteiger partial charge in [0.25, 0.3) is 0 Å². The van der Waals surface area contributed by atoms with E-state index < -0.39 is 26.0 Å². The third-order valence-corrected chi connectivity index (χ3v) is 7.29. The van der Waals surface area contributed by atoms with Gasteiger partial charge in [-0.2, -0.15) is 0 Å². The van der Waals surface area contributed by atoms with Gasteiger partial charge in [-0.25, -0.2) is 26.3 Å². The molecule has 2 aromatic carbocycles. The van der Waals surface area contributed by atoms with Crippen molar-refractivity contribution >= 4 is 43.2 Å². The molecule has 0 saturated carbocycles. The maximum Gasteiger partial charge on any atom is 0.241 e. The molecule has 12 heteroatoms. The lowest BCUT2D eigenvalue weighted by atomic mass is 10.3. The van der Waals surface area contributed by atoms with Crippen LogP contribution in [0, 0.1) is 0 Å². The Balaban J connectivity index is 1.55. The topological polar surface area (TPSA) is 135 Å². The number of halogens is 1. The molecule has 1 amide bonds. The number of anilines is 1. The quantitative estimate of drug-likeness (QED) is 0.394. The van der Waals surface area contributed by atoms with Crippen LogP contribution in [0.5, 0.6) is 0 Å². The van der Waals surface area contributed by atoms with E-state index in [4.69, 9.17) is 16.0 Å². The molecule has 9 nitrogen and oxygen atoms in total. The number of furan rings is 1. The first-order valence-corrected chi connectivity index (χ1v) is 12.7. The summed E-state index contributed by atoms with van der Waals surface area (Å²) in [6.45, 7) is -0.165. The van der Waals surface area contributed by atoms with Gasteiger partial charge in [-0.1, -0.05) is 23.7 Å². The molecule has 0 radical (unpaired) electrons. The summed E-state index contributed by atoms with van der Waals surface area (Å²) in [6, 6.07) is 14.7. The summed E-state index contributed by atoms with van der Waals surface area (Å²) in [4.78, 5) is 12.1. The van der Waals surface area contributed by atoms with E-state index >= 15 is 0 Å². The van der Waals surface area contributed by atoms with Crippen molar-refractivity contribution in [2.45, 2.75) is 22.8 Å². The predicted molar refractivity (Wildman–Crippen MR) is 119 cm³/mol. The van der Waals surface area contributed by atoms with E-state index in [-0.39, 0.29) is 40.0 Å². The highest BCUT2D eigenvalue weighted by atomic mass is 35.5. The summed E-state index contributed by atoms with van der Waals surface area (Å²) in [6.07, 6.45) is 1.28. The van der Waals surface area contributed by atoms with E-state index in [9.17, 15) is 21.6 Å². The smallest absolute Gasteiger partial charge is 0.241 e. The van der Waals surface area contributed by atoms with Gasteiger partial charge in [-0.15, -0.1) is 0 Å². The molecule has 32 heavy (non-hydrogen) atoms. The number of nitrogens with one attached hydrogen (secondary N) is 3. The number of amides is 1. The largest absolute Gasteiger partial charge is 0.468 e. The molecule has 0 atom stereocenters. The summed E-state index contributed by atoms with van der Waals surface area (Å²) in [7, 11) is -7.64. The molecular formula is C20H20ClN3O6S2. The van der Waals surface area contributed by atoms with Gasteiger partial charge >= 0.3 is 0 Å². The average molecular weight is 498 g/mol. The molecule has 0 saturated heterocycles. The minimum atomic E-state index is -3.83. The molecule has 1 aromatic heterocycles. The number of benzene rings is 2. The molecule has 0 aliphatic carbocycles. The van der Waals surface area contributed by atoms with Crippen molar-refractivity contribution in [2.75, 3.05) is 11.9 Å². The van der Waals surface area contributed by atoms with E-state index in [2.05, 4.69) is 14.8 Å². The number of sulfonamides is 2. The molecule has 0 fully saturated rings. The van der Waals surface area contributed by atoms with Crippen molar-refractivity contribution in [2.24, 2.45) is 0 Å². The number of hydrogen-bond acceptors (Lipinski definition) is 6. The van der Waals surface area contributed by atoms with E-state index in [1.807, 2.05) is 0 Å². The van der Waals surface area contributed by atoms with Gasteiger partial charge in [-0.3, -0.25) is 4.79 Å². The van der Waals surface area contributed by atoms with E-state index in [1.165, 1.54) is 48.7 Å². The second-order valence-corrected chi connectivity index (χ2v) is 10.6. The maximum atomic E-state index is 12.5. The molecule has 3 N–H and O–H groups in total. The fourth-order valence-corrected chi connectivity index (χ4v) is 5.01. The Hall–Kier alpha value is -2.70. The van der Waals surface area contributed by atoms with Crippen LogP contribution < -0.4 is 14.8 Å². The number of hydrogen-bond donors (Lipinski definition) is 3. The Kier molecular flexibility index (Phi) is 7.69. The lowest BCUT2D eigenvalue weighted by Gasteiger charge is -2.10. The van der Waals surface area contributed by atoms with E-state index in [0.717, 1.165) is 0 Å². The summed E-state index contributed by atoms with van der Waals surface area (Å²) < 4.78 is 59.2. The normalized spacial score (nSPS) is 11.9. The summed E-state index contributed by atoms with van der Waals surface area (Å²) in [5.41, 5.74) is 0.258. The fourth-order valence-electron chi connectivity index (χ4n) is 2.64. The monoisotopic (exact) mass is 497 g/mol. The van der Waals surface area contributed by atoms with Crippen molar-refractivity contribution in [3.63, 3.8) is 0 Å². The highest BCUT2D eigenvalue weighted by Crippen LogP contribution is 2.17. The van der Waals surface area contributed by atoms with Crippen LogP contribution in [0.2, 0.25) is 5.02 Å². The van der Waals surface area contributed by atoms with Crippen molar-refractivity contribution < 1.29 is 26.0 Å². The zero-order valence-electron chi connectivity index (χ0n) is 16.6. The van der Waals surface area contributed by atoms with Crippen LogP contribution in [0.4, 0.5) is 5.69 Å². The Morgan fingerprint density at radius 2 is 1.56 bits per heavy atom. The lowest BCUT2D eigenvalue weighted by molar-refractivity contribution is -0.116. The molecule has 0 spiro atoms. The van der Waals surface area contributed by atoms with Crippen LogP contribution in [0.15, 0.2) is 81.1 Å². The Morgan fingerprint density at radius 1 is 0.875 bits per heavy atom. The van der Waals surface area contributed by atoms with Crippen molar-refractivity contribution in [3.8, 4) is 0 Å². The third kappa shape index (κ3) is 6.65. The van der Waals surface area contributed by atoms with Crippen LogP contribution in [0.1, 0.15) is 12.2 Å². The number of carbonyl (C=O) groups is 1. The Morgan fingerprint density at radius 3 is 2.25 bits per heavy atom. The highest BCUT2D eigenvalue weighted by Gasteiger charge is 2.17. The molecule has 3 rings (SSSR count). The van der Waals surface area contributed by atoms with Crippen molar-refractivity contribution in [1.82, 2.24) is 9.44 Å². The fraction of sp³-hybridized carbons (Fsp3) is 0.150. The molecule has 0 aliphatic rings. The Bertz CT molecular complexity index is 1290. The zero-order valence-corrected chi connectivity index (χ0v) is 19.0. The third-order valence-electron chi connectivity index (χ3n) is 4.20. The summed E-state index contributed by atoms with van der Waals surface area (Å²) in [5.74, 6) is -0.0323. The molecule has 0 unspecified atom stereocenters. The first kappa shape index (κ1) is 24.0. The lowest BCUT2D eigenvalue weighted by Crippen LogP contribution is -2.28. The first-order valence-electron chi connectivity index (χ1n) is 9.33. The minimum Gasteiger partial charge on any atom is -0.468 e. The van der Waals surface area contributed by atoms with E-state index in [0.29, 0.717) is 5.76 Å². The average Bonchev–Trinajstić information content (AvgIpc) is 3.26. The van der Waals surface area contributed by atoms with Crippen molar-refractivity contribution in [3.05, 3.63) is 77.7 Å². The first-order chi connectivity index (χ1) is 15.2. The van der Waals surface area contributed by atoms with Crippen LogP contribution in [-0.2, 0) is 31.4 Å². The van der Waals surface area contributed by atoms with Crippen LogP contribution in [-0.4, -0.2) is 29.3 Å². The second-order valence-electron chi connectivity index (χ2n) is 6.59. The van der Waals surface area contributed by atoms with Crippen LogP contribution >= 0.6 is 11.6 Å². The number of carbonyl (C=O) groups excluding carboxylic acids is 1. The van der Waals surface area contributed by atoms with Gasteiger partial charge < -0.3 is 9.73 Å². The SMILES string of the molecule is O=C(CCNS(=O)(=O)c1cccc(Cl)c1)Nc1cccc(S(=O)(=O)NCc2ccco2)c1. The van der Waals surface area contributed by atoms with E-state index in [1.54, 1.807) is 18.2 Å². The molecule has 3 aromatic rings. The van der Waals surface area contributed by atoms with Gasteiger partial charge in [0.1, 0.15) is 5.76 Å². The van der Waals surface area contributed by atoms with Gasteiger partial charge in [0.15, 0.2) is 0 Å². The van der Waals surface area contributed by atoms with Gasteiger partial charge in [0.05, 0.1) is 22.6 Å². The minimum absolute atomic E-state index is 0.00892. The zero-order chi connectivity index (χ0) is 23.2.